The summed E-state index contributed by atoms with van der Waals surface area (Å²) in [6.07, 6.45) is 3.56. The maximum atomic E-state index is 5.96. The second-order valence-electron chi connectivity index (χ2n) is 6.55. The highest BCUT2D eigenvalue weighted by molar-refractivity contribution is 5.59. The van der Waals surface area contributed by atoms with E-state index in [0.29, 0.717) is 11.8 Å². The van der Waals surface area contributed by atoms with Gasteiger partial charge in [-0.15, -0.1) is 0 Å². The van der Waals surface area contributed by atoms with Gasteiger partial charge >= 0.3 is 0 Å². The first kappa shape index (κ1) is 16.5. The molecule has 1 aliphatic heterocycles. The minimum Gasteiger partial charge on any atom is -0.422 e. The second-order valence-corrected chi connectivity index (χ2v) is 6.55. The van der Waals surface area contributed by atoms with E-state index >= 15 is 0 Å². The van der Waals surface area contributed by atoms with Crippen LogP contribution in [-0.2, 0) is 0 Å². The standard InChI is InChI=1S/C19H22N6O/c1-14-6-7-17(20-12-14)23-18-5-3-4-15(22-18)16-13-21-19(26-16)25-10-8-24(2)9-11-25/h3-7,12-13H,8-11H2,1-2H3,(H,20,22,23). The lowest BCUT2D eigenvalue weighted by Crippen LogP contribution is -2.44. The maximum Gasteiger partial charge on any atom is 0.297 e. The van der Waals surface area contributed by atoms with Gasteiger partial charge in [0.1, 0.15) is 17.3 Å². The van der Waals surface area contributed by atoms with E-state index in [4.69, 9.17) is 4.42 Å². The Bertz CT molecular complexity index is 868. The van der Waals surface area contributed by atoms with Crippen molar-refractivity contribution in [3.8, 4) is 11.5 Å². The fourth-order valence-corrected chi connectivity index (χ4v) is 2.84. The molecule has 4 rings (SSSR count). The van der Waals surface area contributed by atoms with Gasteiger partial charge in [0.05, 0.1) is 6.20 Å². The number of likely N-dealkylation sites (N-methyl/N-ethyl adjacent to an activating group) is 1. The van der Waals surface area contributed by atoms with Gasteiger partial charge in [-0.05, 0) is 37.7 Å². The van der Waals surface area contributed by atoms with Gasteiger partial charge in [0.15, 0.2) is 5.76 Å². The molecule has 0 amide bonds. The SMILES string of the molecule is Cc1ccc(Nc2cccc(-c3cnc(N4CCN(C)CC4)o3)n2)nc1. The third-order valence-electron chi connectivity index (χ3n) is 4.44. The number of nitrogens with one attached hydrogen (secondary N) is 1. The van der Waals surface area contributed by atoms with Gasteiger partial charge in [0, 0.05) is 32.4 Å². The summed E-state index contributed by atoms with van der Waals surface area (Å²) >= 11 is 0. The van der Waals surface area contributed by atoms with Gasteiger partial charge in [-0.2, -0.15) is 0 Å². The van der Waals surface area contributed by atoms with Crippen molar-refractivity contribution in [3.63, 3.8) is 0 Å². The molecule has 0 atom stereocenters. The van der Waals surface area contributed by atoms with Gasteiger partial charge in [0.2, 0.25) is 0 Å². The van der Waals surface area contributed by atoms with E-state index in [2.05, 4.69) is 37.1 Å². The van der Waals surface area contributed by atoms with Crippen LogP contribution in [-0.4, -0.2) is 53.1 Å². The van der Waals surface area contributed by atoms with Crippen LogP contribution in [0.2, 0.25) is 0 Å². The number of hydrogen-bond donors (Lipinski definition) is 1. The molecule has 1 fully saturated rings. The van der Waals surface area contributed by atoms with Crippen LogP contribution in [0.3, 0.4) is 0 Å². The topological polar surface area (TPSA) is 70.3 Å². The maximum absolute atomic E-state index is 5.96. The normalized spacial score (nSPS) is 15.2. The average molecular weight is 350 g/mol. The zero-order chi connectivity index (χ0) is 17.9. The molecule has 0 unspecified atom stereocenters. The predicted octanol–water partition coefficient (Wildman–Crippen LogP) is 2.94. The summed E-state index contributed by atoms with van der Waals surface area (Å²) in [6, 6.07) is 10.4. The first-order valence-electron chi connectivity index (χ1n) is 8.74. The summed E-state index contributed by atoms with van der Waals surface area (Å²) < 4.78 is 5.96. The molecular weight excluding hydrogens is 328 g/mol. The molecule has 134 valence electrons. The first-order valence-corrected chi connectivity index (χ1v) is 8.74. The molecule has 1 aliphatic rings. The van der Waals surface area contributed by atoms with Crippen molar-refractivity contribution >= 4 is 17.7 Å². The Morgan fingerprint density at radius 3 is 2.58 bits per heavy atom. The Morgan fingerprint density at radius 2 is 1.81 bits per heavy atom. The number of aromatic nitrogens is 3. The molecule has 0 radical (unpaired) electrons. The highest BCUT2D eigenvalue weighted by atomic mass is 16.4. The number of pyridine rings is 2. The summed E-state index contributed by atoms with van der Waals surface area (Å²) in [7, 11) is 2.13. The largest absolute Gasteiger partial charge is 0.422 e. The van der Waals surface area contributed by atoms with Gasteiger partial charge in [0.25, 0.3) is 6.01 Å². The van der Waals surface area contributed by atoms with E-state index in [1.54, 1.807) is 6.20 Å². The third kappa shape index (κ3) is 3.67. The molecule has 4 heterocycles. The van der Waals surface area contributed by atoms with Crippen molar-refractivity contribution in [1.29, 1.82) is 0 Å². The number of oxazole rings is 1. The van der Waals surface area contributed by atoms with Gasteiger partial charge in [-0.25, -0.2) is 15.0 Å². The molecule has 3 aromatic rings. The third-order valence-corrected chi connectivity index (χ3v) is 4.44. The van der Waals surface area contributed by atoms with Gasteiger partial charge in [-0.3, -0.25) is 0 Å². The molecule has 26 heavy (non-hydrogen) atoms. The Balaban J connectivity index is 1.50. The van der Waals surface area contributed by atoms with E-state index < -0.39 is 0 Å². The van der Waals surface area contributed by atoms with Crippen LogP contribution in [0.5, 0.6) is 0 Å². The highest BCUT2D eigenvalue weighted by Crippen LogP contribution is 2.25. The molecule has 0 aromatic carbocycles. The quantitative estimate of drug-likeness (QED) is 0.776. The minimum atomic E-state index is 0.661. The second kappa shape index (κ2) is 7.13. The molecule has 1 N–H and O–H groups in total. The minimum absolute atomic E-state index is 0.661. The number of nitrogens with zero attached hydrogens (tertiary/aromatic N) is 5. The fraction of sp³-hybridized carbons (Fsp3) is 0.316. The van der Waals surface area contributed by atoms with E-state index in [1.165, 1.54) is 0 Å². The number of hydrogen-bond acceptors (Lipinski definition) is 7. The molecule has 0 spiro atoms. The molecule has 7 heteroatoms. The molecule has 3 aromatic heterocycles. The monoisotopic (exact) mass is 350 g/mol. The van der Waals surface area contributed by atoms with Crippen molar-refractivity contribution in [2.24, 2.45) is 0 Å². The van der Waals surface area contributed by atoms with Crippen LogP contribution in [0.15, 0.2) is 47.1 Å². The highest BCUT2D eigenvalue weighted by Gasteiger charge is 2.19. The van der Waals surface area contributed by atoms with Crippen molar-refractivity contribution < 1.29 is 4.42 Å². The molecule has 0 saturated carbocycles. The van der Waals surface area contributed by atoms with E-state index in [1.807, 2.05) is 43.5 Å². The molecule has 1 saturated heterocycles. The van der Waals surface area contributed by atoms with Crippen LogP contribution in [0.4, 0.5) is 17.7 Å². The molecule has 7 nitrogen and oxygen atoms in total. The smallest absolute Gasteiger partial charge is 0.297 e. The lowest BCUT2D eigenvalue weighted by Gasteiger charge is -2.31. The number of piperazine rings is 1. The van der Waals surface area contributed by atoms with Crippen LogP contribution in [0.1, 0.15) is 5.56 Å². The number of aryl methyl sites for hydroxylation is 1. The van der Waals surface area contributed by atoms with Crippen LogP contribution >= 0.6 is 0 Å². The van der Waals surface area contributed by atoms with E-state index in [0.717, 1.165) is 49.1 Å². The summed E-state index contributed by atoms with van der Waals surface area (Å²) in [5, 5.41) is 3.22. The lowest BCUT2D eigenvalue weighted by atomic mass is 10.3. The van der Waals surface area contributed by atoms with Gasteiger partial charge < -0.3 is 19.5 Å². The Morgan fingerprint density at radius 1 is 0.962 bits per heavy atom. The predicted molar refractivity (Wildman–Crippen MR) is 102 cm³/mol. The molecule has 0 bridgehead atoms. The van der Waals surface area contributed by atoms with E-state index in [9.17, 15) is 0 Å². The van der Waals surface area contributed by atoms with Crippen LogP contribution in [0.25, 0.3) is 11.5 Å². The van der Waals surface area contributed by atoms with Crippen LogP contribution in [0, 0.1) is 6.92 Å². The fourth-order valence-electron chi connectivity index (χ4n) is 2.84. The van der Waals surface area contributed by atoms with E-state index in [-0.39, 0.29) is 0 Å². The summed E-state index contributed by atoms with van der Waals surface area (Å²) in [4.78, 5) is 17.9. The molecular formula is C19H22N6O. The van der Waals surface area contributed by atoms with Crippen molar-refractivity contribution in [1.82, 2.24) is 19.9 Å². The Kier molecular flexibility index (Phi) is 4.53. The molecule has 0 aliphatic carbocycles. The Hall–Kier alpha value is -2.93. The van der Waals surface area contributed by atoms with Crippen molar-refractivity contribution in [2.75, 3.05) is 43.4 Å². The average Bonchev–Trinajstić information content (AvgIpc) is 3.15. The van der Waals surface area contributed by atoms with Gasteiger partial charge in [-0.1, -0.05) is 12.1 Å². The first-order chi connectivity index (χ1) is 12.7. The Labute approximate surface area is 152 Å². The summed E-state index contributed by atoms with van der Waals surface area (Å²) in [5.41, 5.74) is 1.87. The lowest BCUT2D eigenvalue weighted by molar-refractivity contribution is 0.305. The number of rotatable bonds is 4. The number of anilines is 3. The van der Waals surface area contributed by atoms with Crippen molar-refractivity contribution in [3.05, 3.63) is 48.3 Å². The van der Waals surface area contributed by atoms with Crippen molar-refractivity contribution in [2.45, 2.75) is 6.92 Å². The summed E-state index contributed by atoms with van der Waals surface area (Å²) in [6.45, 7) is 5.88. The zero-order valence-electron chi connectivity index (χ0n) is 15.0. The van der Waals surface area contributed by atoms with Crippen LogP contribution < -0.4 is 10.2 Å². The summed E-state index contributed by atoms with van der Waals surface area (Å²) in [5.74, 6) is 2.15. The zero-order valence-corrected chi connectivity index (χ0v) is 15.0.